The van der Waals surface area contributed by atoms with Gasteiger partial charge in [-0.25, -0.2) is 0 Å². The van der Waals surface area contributed by atoms with Crippen LogP contribution in [0.15, 0.2) is 42.5 Å². The predicted octanol–water partition coefficient (Wildman–Crippen LogP) is 4.09. The van der Waals surface area contributed by atoms with Crippen LogP contribution < -0.4 is 20.5 Å². The molecule has 2 aromatic carbocycles. The quantitative estimate of drug-likeness (QED) is 0.641. The zero-order chi connectivity index (χ0) is 20.7. The Balaban J connectivity index is 2.10. The van der Waals surface area contributed by atoms with Crippen molar-refractivity contribution in [3.05, 3.63) is 58.6 Å². The zero-order valence-corrected chi connectivity index (χ0v) is 15.5. The number of nitrogens with two attached hydrogens (primary N) is 1. The van der Waals surface area contributed by atoms with Crippen LogP contribution in [0.5, 0.6) is 11.5 Å². The fraction of sp³-hybridized carbons (Fsp3) is 0.158. The SMILES string of the molecule is CCOc1cc(/C=C/C(=O)Nc2ccc(C(N)=O)c(Cl)c2)ccc1OC(F)F. The Morgan fingerprint density at radius 2 is 1.96 bits per heavy atom. The second-order valence-corrected chi connectivity index (χ2v) is 5.81. The van der Waals surface area contributed by atoms with Crippen LogP contribution in [0.3, 0.4) is 0 Å². The number of carbonyl (C=O) groups is 2. The van der Waals surface area contributed by atoms with Gasteiger partial charge in [0.2, 0.25) is 11.8 Å². The summed E-state index contributed by atoms with van der Waals surface area (Å²) in [6.45, 7) is -1.01. The van der Waals surface area contributed by atoms with Crippen LogP contribution >= 0.6 is 11.6 Å². The number of anilines is 1. The maximum Gasteiger partial charge on any atom is 0.387 e. The number of benzene rings is 2. The molecule has 3 N–H and O–H groups in total. The summed E-state index contributed by atoms with van der Waals surface area (Å²) in [5.74, 6) is -1.09. The van der Waals surface area contributed by atoms with E-state index < -0.39 is 18.4 Å². The molecule has 0 atom stereocenters. The number of amides is 2. The van der Waals surface area contributed by atoms with E-state index in [1.54, 1.807) is 6.92 Å². The molecule has 28 heavy (non-hydrogen) atoms. The normalized spacial score (nSPS) is 10.9. The van der Waals surface area contributed by atoms with Crippen molar-refractivity contribution in [3.8, 4) is 11.5 Å². The molecule has 0 saturated carbocycles. The van der Waals surface area contributed by atoms with E-state index in [1.807, 2.05) is 0 Å². The van der Waals surface area contributed by atoms with Crippen LogP contribution in [0.1, 0.15) is 22.8 Å². The molecule has 0 aliphatic heterocycles. The minimum atomic E-state index is -2.97. The first-order chi connectivity index (χ1) is 13.3. The molecule has 2 aromatic rings. The van der Waals surface area contributed by atoms with Crippen LogP contribution in [0.2, 0.25) is 5.02 Å². The summed E-state index contributed by atoms with van der Waals surface area (Å²) >= 11 is 5.93. The third-order valence-corrected chi connectivity index (χ3v) is 3.73. The van der Waals surface area contributed by atoms with Crippen molar-refractivity contribution in [2.24, 2.45) is 5.73 Å². The van der Waals surface area contributed by atoms with Crippen molar-refractivity contribution < 1.29 is 27.8 Å². The molecule has 0 saturated heterocycles. The number of ether oxygens (including phenoxy) is 2. The topological polar surface area (TPSA) is 90.6 Å². The average molecular weight is 411 g/mol. The molecule has 6 nitrogen and oxygen atoms in total. The highest BCUT2D eigenvalue weighted by Crippen LogP contribution is 2.30. The Kier molecular flexibility index (Phi) is 7.34. The highest BCUT2D eigenvalue weighted by molar-refractivity contribution is 6.34. The molecule has 2 amide bonds. The molecule has 0 bridgehead atoms. The first kappa shape index (κ1) is 21.2. The predicted molar refractivity (Wildman–Crippen MR) is 102 cm³/mol. The molecule has 148 valence electrons. The van der Waals surface area contributed by atoms with Crippen LogP contribution in [0.4, 0.5) is 14.5 Å². The Morgan fingerprint density at radius 1 is 1.21 bits per heavy atom. The molecule has 0 heterocycles. The van der Waals surface area contributed by atoms with E-state index in [0.29, 0.717) is 11.3 Å². The summed E-state index contributed by atoms with van der Waals surface area (Å²) in [5.41, 5.74) is 6.23. The lowest BCUT2D eigenvalue weighted by Crippen LogP contribution is -2.12. The fourth-order valence-corrected chi connectivity index (χ4v) is 2.51. The zero-order valence-electron chi connectivity index (χ0n) is 14.7. The van der Waals surface area contributed by atoms with Crippen molar-refractivity contribution in [2.75, 3.05) is 11.9 Å². The van der Waals surface area contributed by atoms with Crippen molar-refractivity contribution in [2.45, 2.75) is 13.5 Å². The molecule has 0 unspecified atom stereocenters. The van der Waals surface area contributed by atoms with Crippen LogP contribution in [0.25, 0.3) is 6.08 Å². The highest BCUT2D eigenvalue weighted by Gasteiger charge is 2.11. The summed E-state index contributed by atoms with van der Waals surface area (Å²) < 4.78 is 34.5. The highest BCUT2D eigenvalue weighted by atomic mass is 35.5. The van der Waals surface area contributed by atoms with Gasteiger partial charge in [-0.05, 0) is 48.9 Å². The summed E-state index contributed by atoms with van der Waals surface area (Å²) in [7, 11) is 0. The number of primary amides is 1. The lowest BCUT2D eigenvalue weighted by atomic mass is 10.1. The molecule has 0 aromatic heterocycles. The van der Waals surface area contributed by atoms with Gasteiger partial charge in [0.1, 0.15) is 0 Å². The first-order valence-electron chi connectivity index (χ1n) is 8.10. The third kappa shape index (κ3) is 5.95. The van der Waals surface area contributed by atoms with Crippen LogP contribution in [0, 0.1) is 0 Å². The van der Waals surface area contributed by atoms with Gasteiger partial charge in [0.15, 0.2) is 11.5 Å². The lowest BCUT2D eigenvalue weighted by molar-refractivity contribution is -0.111. The largest absolute Gasteiger partial charge is 0.490 e. The van der Waals surface area contributed by atoms with Gasteiger partial charge in [-0.2, -0.15) is 8.78 Å². The van der Waals surface area contributed by atoms with E-state index >= 15 is 0 Å². The van der Waals surface area contributed by atoms with Crippen molar-refractivity contribution in [3.63, 3.8) is 0 Å². The smallest absolute Gasteiger partial charge is 0.387 e. The van der Waals surface area contributed by atoms with E-state index in [-0.39, 0.29) is 28.7 Å². The molecule has 0 fully saturated rings. The van der Waals surface area contributed by atoms with Crippen molar-refractivity contribution >= 4 is 35.2 Å². The summed E-state index contributed by atoms with van der Waals surface area (Å²) in [5, 5.41) is 2.69. The Morgan fingerprint density at radius 3 is 2.57 bits per heavy atom. The van der Waals surface area contributed by atoms with Crippen molar-refractivity contribution in [1.82, 2.24) is 0 Å². The van der Waals surface area contributed by atoms with E-state index in [1.165, 1.54) is 48.6 Å². The third-order valence-electron chi connectivity index (χ3n) is 3.41. The van der Waals surface area contributed by atoms with E-state index in [4.69, 9.17) is 22.1 Å². The maximum absolute atomic E-state index is 12.4. The molecule has 2 rings (SSSR count). The molecular weight excluding hydrogens is 394 g/mol. The maximum atomic E-state index is 12.4. The summed E-state index contributed by atoms with van der Waals surface area (Å²) in [6.07, 6.45) is 2.72. The Bertz CT molecular complexity index is 903. The summed E-state index contributed by atoms with van der Waals surface area (Å²) in [6, 6.07) is 8.60. The standard InChI is InChI=1S/C19H17ClF2N2O4/c1-2-27-16-9-11(3-7-15(16)28-19(21)22)4-8-17(25)24-12-5-6-13(18(23)26)14(20)10-12/h3-10,19H,2H2,1H3,(H2,23,26)(H,24,25)/b8-4+. The van der Waals surface area contributed by atoms with Gasteiger partial charge < -0.3 is 20.5 Å². The molecule has 0 spiro atoms. The monoisotopic (exact) mass is 410 g/mol. The number of alkyl halides is 2. The number of hydrogen-bond acceptors (Lipinski definition) is 4. The second kappa shape index (κ2) is 9.70. The van der Waals surface area contributed by atoms with E-state index in [9.17, 15) is 18.4 Å². The Labute approximate surface area is 164 Å². The van der Waals surface area contributed by atoms with Crippen molar-refractivity contribution in [1.29, 1.82) is 0 Å². The van der Waals surface area contributed by atoms with E-state index in [2.05, 4.69) is 10.1 Å². The average Bonchev–Trinajstić information content (AvgIpc) is 2.61. The van der Waals surface area contributed by atoms with Gasteiger partial charge in [0, 0.05) is 11.8 Å². The van der Waals surface area contributed by atoms with Crippen LogP contribution in [-0.2, 0) is 4.79 Å². The van der Waals surface area contributed by atoms with Gasteiger partial charge >= 0.3 is 6.61 Å². The van der Waals surface area contributed by atoms with Gasteiger partial charge in [0.25, 0.3) is 0 Å². The van der Waals surface area contributed by atoms with Gasteiger partial charge in [-0.1, -0.05) is 17.7 Å². The van der Waals surface area contributed by atoms with Gasteiger partial charge in [-0.3, -0.25) is 9.59 Å². The second-order valence-electron chi connectivity index (χ2n) is 5.40. The Hall–Kier alpha value is -3.13. The van der Waals surface area contributed by atoms with E-state index in [0.717, 1.165) is 0 Å². The molecule has 9 heteroatoms. The number of rotatable bonds is 8. The minimum absolute atomic E-state index is 0.0948. The number of carbonyl (C=O) groups excluding carboxylic acids is 2. The lowest BCUT2D eigenvalue weighted by Gasteiger charge is -2.11. The minimum Gasteiger partial charge on any atom is -0.490 e. The molecule has 0 radical (unpaired) electrons. The fourth-order valence-electron chi connectivity index (χ4n) is 2.24. The first-order valence-corrected chi connectivity index (χ1v) is 8.48. The molecule has 0 aliphatic carbocycles. The number of halogens is 3. The molecule has 0 aliphatic rings. The van der Waals surface area contributed by atoms with Gasteiger partial charge in [-0.15, -0.1) is 0 Å². The van der Waals surface area contributed by atoms with Gasteiger partial charge in [0.05, 0.1) is 17.2 Å². The van der Waals surface area contributed by atoms with Crippen LogP contribution in [-0.4, -0.2) is 25.0 Å². The number of nitrogens with one attached hydrogen (secondary N) is 1. The number of hydrogen-bond donors (Lipinski definition) is 2. The summed E-state index contributed by atoms with van der Waals surface area (Å²) in [4.78, 5) is 23.2. The molecular formula is C19H17ClF2N2O4.